The van der Waals surface area contributed by atoms with Gasteiger partial charge in [-0.05, 0) is 6.07 Å². The smallest absolute Gasteiger partial charge is 0.360 e. The zero-order valence-corrected chi connectivity index (χ0v) is 10.4. The molecule has 0 fully saturated rings. The minimum atomic E-state index is -1.47. The van der Waals surface area contributed by atoms with Crippen LogP contribution in [-0.4, -0.2) is 25.8 Å². The molecule has 0 aliphatic rings. The Bertz CT molecular complexity index is 771. The van der Waals surface area contributed by atoms with E-state index < -0.39 is 22.0 Å². The summed E-state index contributed by atoms with van der Waals surface area (Å²) in [5.74, 6) is -1.47. The Morgan fingerprint density at radius 3 is 2.65 bits per heavy atom. The van der Waals surface area contributed by atoms with E-state index in [9.17, 15) is 19.7 Å². The van der Waals surface area contributed by atoms with Gasteiger partial charge in [0.1, 0.15) is 0 Å². The van der Waals surface area contributed by atoms with Gasteiger partial charge < -0.3 is 5.11 Å². The van der Waals surface area contributed by atoms with Gasteiger partial charge in [0.25, 0.3) is 5.69 Å². The van der Waals surface area contributed by atoms with E-state index in [1.807, 2.05) is 0 Å². The zero-order valence-electron chi connectivity index (χ0n) is 9.69. The number of hydrogen-bond donors (Lipinski definition) is 1. The average molecular weight is 296 g/mol. The molecule has 0 radical (unpaired) electrons. The SMILES string of the molecule is O=C(O)c1nn(-c2ccc([N+](=O)[O-])cc2Cl)ccc1=O. The van der Waals surface area contributed by atoms with E-state index in [0.717, 1.165) is 16.8 Å². The van der Waals surface area contributed by atoms with Crippen LogP contribution in [0, 0.1) is 10.1 Å². The van der Waals surface area contributed by atoms with E-state index in [0.29, 0.717) is 0 Å². The number of carbonyl (C=O) groups is 1. The van der Waals surface area contributed by atoms with Crippen LogP contribution in [0.4, 0.5) is 5.69 Å². The normalized spacial score (nSPS) is 10.2. The van der Waals surface area contributed by atoms with Crippen molar-refractivity contribution in [1.82, 2.24) is 9.78 Å². The van der Waals surface area contributed by atoms with Crippen LogP contribution in [-0.2, 0) is 0 Å². The Morgan fingerprint density at radius 1 is 1.40 bits per heavy atom. The summed E-state index contributed by atoms with van der Waals surface area (Å²) in [6.07, 6.45) is 1.22. The number of aromatic nitrogens is 2. The van der Waals surface area contributed by atoms with Gasteiger partial charge in [-0.1, -0.05) is 11.6 Å². The van der Waals surface area contributed by atoms with Crippen LogP contribution >= 0.6 is 11.6 Å². The standard InChI is InChI=1S/C11H6ClN3O5/c12-7-5-6(15(19)20)1-2-8(7)14-4-3-9(16)10(13-14)11(17)18/h1-5H,(H,17,18). The Labute approximate surface area is 116 Å². The van der Waals surface area contributed by atoms with Gasteiger partial charge in [0.05, 0.1) is 15.6 Å². The number of nitro groups is 1. The lowest BCUT2D eigenvalue weighted by Crippen LogP contribution is -2.20. The van der Waals surface area contributed by atoms with E-state index in [1.165, 1.54) is 18.3 Å². The lowest BCUT2D eigenvalue weighted by Gasteiger charge is -2.07. The second kappa shape index (κ2) is 5.10. The molecule has 0 aliphatic carbocycles. The molecule has 1 aromatic heterocycles. The van der Waals surface area contributed by atoms with E-state index >= 15 is 0 Å². The van der Waals surface area contributed by atoms with Gasteiger partial charge in [0, 0.05) is 24.4 Å². The third-order valence-corrected chi connectivity index (χ3v) is 2.70. The summed E-state index contributed by atoms with van der Waals surface area (Å²) in [6.45, 7) is 0. The lowest BCUT2D eigenvalue weighted by molar-refractivity contribution is -0.384. The first kappa shape index (κ1) is 13.7. The number of aromatic carboxylic acids is 1. The summed E-state index contributed by atoms with van der Waals surface area (Å²) in [7, 11) is 0. The molecule has 8 nitrogen and oxygen atoms in total. The molecule has 0 unspecified atom stereocenters. The van der Waals surface area contributed by atoms with Gasteiger partial charge >= 0.3 is 5.97 Å². The summed E-state index contributed by atoms with van der Waals surface area (Å²) in [4.78, 5) is 32.1. The molecule has 9 heteroatoms. The molecule has 1 heterocycles. The fraction of sp³-hybridized carbons (Fsp3) is 0. The van der Waals surface area contributed by atoms with Crippen LogP contribution in [0.25, 0.3) is 5.69 Å². The summed E-state index contributed by atoms with van der Waals surface area (Å²) < 4.78 is 1.07. The molecule has 1 N–H and O–H groups in total. The minimum absolute atomic E-state index is 0.00619. The maximum Gasteiger partial charge on any atom is 0.360 e. The zero-order chi connectivity index (χ0) is 14.9. The molecule has 102 valence electrons. The second-order valence-corrected chi connectivity index (χ2v) is 4.08. The highest BCUT2D eigenvalue weighted by Gasteiger charge is 2.14. The van der Waals surface area contributed by atoms with Crippen molar-refractivity contribution in [3.05, 3.63) is 61.5 Å². The van der Waals surface area contributed by atoms with Crippen molar-refractivity contribution in [1.29, 1.82) is 0 Å². The van der Waals surface area contributed by atoms with Crippen molar-refractivity contribution in [3.63, 3.8) is 0 Å². The highest BCUT2D eigenvalue weighted by Crippen LogP contribution is 2.24. The fourth-order valence-electron chi connectivity index (χ4n) is 1.49. The van der Waals surface area contributed by atoms with Gasteiger partial charge in [-0.25, -0.2) is 9.48 Å². The molecule has 0 amide bonds. The van der Waals surface area contributed by atoms with Crippen LogP contribution in [0.5, 0.6) is 0 Å². The van der Waals surface area contributed by atoms with Crippen molar-refractivity contribution in [2.45, 2.75) is 0 Å². The number of benzene rings is 1. The molecule has 1 aromatic carbocycles. The molecule has 20 heavy (non-hydrogen) atoms. The van der Waals surface area contributed by atoms with E-state index in [2.05, 4.69) is 5.10 Å². The van der Waals surface area contributed by atoms with Crippen molar-refractivity contribution in [2.75, 3.05) is 0 Å². The van der Waals surface area contributed by atoms with Crippen LogP contribution in [0.2, 0.25) is 5.02 Å². The van der Waals surface area contributed by atoms with E-state index in [-0.39, 0.29) is 16.4 Å². The number of hydrogen-bond acceptors (Lipinski definition) is 5. The van der Waals surface area contributed by atoms with Crippen molar-refractivity contribution >= 4 is 23.3 Å². The number of halogens is 1. The lowest BCUT2D eigenvalue weighted by atomic mass is 10.3. The van der Waals surface area contributed by atoms with Crippen LogP contribution in [0.3, 0.4) is 0 Å². The topological polar surface area (TPSA) is 115 Å². The first-order chi connectivity index (χ1) is 9.40. The first-order valence-corrected chi connectivity index (χ1v) is 5.55. The van der Waals surface area contributed by atoms with Crippen molar-refractivity contribution < 1.29 is 14.8 Å². The number of carboxylic acids is 1. The molecule has 0 bridgehead atoms. The largest absolute Gasteiger partial charge is 0.476 e. The Kier molecular flexibility index (Phi) is 3.49. The van der Waals surface area contributed by atoms with Gasteiger partial charge in [0.2, 0.25) is 11.1 Å². The molecular weight excluding hydrogens is 290 g/mol. The summed E-state index contributed by atoms with van der Waals surface area (Å²) >= 11 is 5.89. The van der Waals surface area contributed by atoms with Crippen LogP contribution in [0.1, 0.15) is 10.5 Å². The quantitative estimate of drug-likeness (QED) is 0.677. The molecule has 2 rings (SSSR count). The monoisotopic (exact) mass is 295 g/mol. The van der Waals surface area contributed by atoms with Gasteiger partial charge in [0.15, 0.2) is 0 Å². The molecular formula is C11H6ClN3O5. The number of nitrogens with zero attached hydrogens (tertiary/aromatic N) is 3. The first-order valence-electron chi connectivity index (χ1n) is 5.18. The van der Waals surface area contributed by atoms with E-state index in [1.54, 1.807) is 0 Å². The number of rotatable bonds is 3. The number of carboxylic acid groups (broad SMARTS) is 1. The molecule has 0 spiro atoms. The van der Waals surface area contributed by atoms with Crippen LogP contribution < -0.4 is 5.43 Å². The Balaban J connectivity index is 2.57. The maximum atomic E-state index is 11.3. The third kappa shape index (κ3) is 2.50. The highest BCUT2D eigenvalue weighted by molar-refractivity contribution is 6.32. The maximum absolute atomic E-state index is 11.3. The predicted octanol–water partition coefficient (Wildman–Crippen LogP) is 1.49. The Hall–Kier alpha value is -2.74. The third-order valence-electron chi connectivity index (χ3n) is 2.40. The Morgan fingerprint density at radius 2 is 2.10 bits per heavy atom. The highest BCUT2D eigenvalue weighted by atomic mass is 35.5. The predicted molar refractivity (Wildman–Crippen MR) is 68.5 cm³/mol. The van der Waals surface area contributed by atoms with Gasteiger partial charge in [-0.15, -0.1) is 0 Å². The summed E-state index contributed by atoms with van der Waals surface area (Å²) in [6, 6.07) is 4.64. The molecule has 0 aliphatic heterocycles. The summed E-state index contributed by atoms with van der Waals surface area (Å²) in [5, 5.41) is 23.1. The van der Waals surface area contributed by atoms with Gasteiger partial charge in [-0.3, -0.25) is 14.9 Å². The minimum Gasteiger partial charge on any atom is -0.476 e. The fourth-order valence-corrected chi connectivity index (χ4v) is 1.75. The molecule has 0 saturated heterocycles. The molecule has 0 saturated carbocycles. The van der Waals surface area contributed by atoms with E-state index in [4.69, 9.17) is 16.7 Å². The van der Waals surface area contributed by atoms with Crippen LogP contribution in [0.15, 0.2) is 35.3 Å². The second-order valence-electron chi connectivity index (χ2n) is 3.67. The number of nitro benzene ring substituents is 1. The molecule has 0 atom stereocenters. The summed E-state index contributed by atoms with van der Waals surface area (Å²) in [5.41, 5.74) is -1.40. The molecule has 2 aromatic rings. The van der Waals surface area contributed by atoms with Crippen molar-refractivity contribution in [3.8, 4) is 5.69 Å². The number of non-ortho nitro benzene ring substituents is 1. The average Bonchev–Trinajstić information content (AvgIpc) is 2.39. The van der Waals surface area contributed by atoms with Gasteiger partial charge in [-0.2, -0.15) is 5.10 Å². The van der Waals surface area contributed by atoms with Crippen molar-refractivity contribution in [2.24, 2.45) is 0 Å².